The average Bonchev–Trinajstić information content (AvgIpc) is 1.62. The number of nitrogens with zero attached hydrogens (tertiary/aromatic N) is 2. The summed E-state index contributed by atoms with van der Waals surface area (Å²) in [4.78, 5) is 181. The highest BCUT2D eigenvalue weighted by molar-refractivity contribution is 5.99. The van der Waals surface area contributed by atoms with Gasteiger partial charge in [0.15, 0.2) is 5.96 Å². The van der Waals surface area contributed by atoms with E-state index in [0.29, 0.717) is 12.8 Å². The first-order valence-electron chi connectivity index (χ1n) is 33.4. The molecule has 0 saturated carbocycles. The Labute approximate surface area is 564 Å². The summed E-state index contributed by atoms with van der Waals surface area (Å²) in [6, 6.07) is -2.41. The number of nitrogens with one attached hydrogen (secondary N) is 11. The number of likely N-dealkylation sites (tertiary alicyclic amines) is 1. The Morgan fingerprint density at radius 2 is 0.948 bits per heavy atom. The maximum absolute atomic E-state index is 14.2. The Morgan fingerprint density at radius 1 is 0.521 bits per heavy atom. The number of aliphatic hydroxyl groups excluding tert-OH is 1. The molecule has 11 atom stereocenters. The van der Waals surface area contributed by atoms with Crippen molar-refractivity contribution in [1.82, 2.24) is 63.4 Å². The molecule has 1 aliphatic rings. The van der Waals surface area contributed by atoms with E-state index in [2.05, 4.69) is 63.5 Å². The lowest BCUT2D eigenvalue weighted by Crippen LogP contribution is -2.59. The maximum atomic E-state index is 14.2. The zero-order valence-electron chi connectivity index (χ0n) is 58.1. The molecule has 2 rings (SSSR count). The molecule has 1 aromatic carbocycles. The minimum Gasteiger partial charge on any atom is -0.394 e. The Balaban J connectivity index is 2.17. The number of amides is 13. The van der Waals surface area contributed by atoms with Crippen LogP contribution in [0.2, 0.25) is 0 Å². The van der Waals surface area contributed by atoms with Crippen molar-refractivity contribution in [2.24, 2.45) is 63.4 Å². The van der Waals surface area contributed by atoms with Crippen LogP contribution in [0.3, 0.4) is 0 Å². The van der Waals surface area contributed by atoms with E-state index < -0.39 is 169 Å². The van der Waals surface area contributed by atoms with Gasteiger partial charge in [0, 0.05) is 13.1 Å². The molecule has 1 saturated heterocycles. The van der Waals surface area contributed by atoms with E-state index in [4.69, 9.17) is 22.9 Å². The van der Waals surface area contributed by atoms with E-state index in [1.165, 1.54) is 4.90 Å². The fourth-order valence-corrected chi connectivity index (χ4v) is 10.6. The van der Waals surface area contributed by atoms with E-state index in [1.54, 1.807) is 27.7 Å². The Kier molecular flexibility index (Phi) is 37.3. The van der Waals surface area contributed by atoms with Crippen LogP contribution in [0.1, 0.15) is 153 Å². The van der Waals surface area contributed by atoms with Gasteiger partial charge in [-0.15, -0.1) is 0 Å². The minimum absolute atomic E-state index is 0.0138. The number of guanidine groups is 1. The third-order valence-electron chi connectivity index (χ3n) is 15.7. The molecule has 0 bridgehead atoms. The van der Waals surface area contributed by atoms with Gasteiger partial charge < -0.3 is 91.4 Å². The molecule has 31 heteroatoms. The number of aliphatic hydroxyl groups is 1. The van der Waals surface area contributed by atoms with Gasteiger partial charge in [0.2, 0.25) is 76.8 Å². The van der Waals surface area contributed by atoms with Crippen molar-refractivity contribution in [2.75, 3.05) is 39.3 Å². The molecule has 1 aliphatic heterocycles. The predicted molar refractivity (Wildman–Crippen MR) is 360 cm³/mol. The Bertz CT molecular complexity index is 2780. The van der Waals surface area contributed by atoms with Gasteiger partial charge >= 0.3 is 0 Å². The summed E-state index contributed by atoms with van der Waals surface area (Å²) in [6.45, 7) is 19.1. The molecule has 540 valence electrons. The lowest BCUT2D eigenvalue weighted by Gasteiger charge is -2.31. The summed E-state index contributed by atoms with van der Waals surface area (Å²) >= 11 is 0. The second kappa shape index (κ2) is 42.9. The zero-order valence-corrected chi connectivity index (χ0v) is 58.1. The fourth-order valence-electron chi connectivity index (χ4n) is 10.6. The van der Waals surface area contributed by atoms with Crippen molar-refractivity contribution in [1.29, 1.82) is 0 Å². The predicted octanol–water partition coefficient (Wildman–Crippen LogP) is -2.42. The van der Waals surface area contributed by atoms with Crippen LogP contribution in [0.15, 0.2) is 35.3 Å². The van der Waals surface area contributed by atoms with Crippen molar-refractivity contribution in [2.45, 2.75) is 214 Å². The van der Waals surface area contributed by atoms with E-state index in [-0.39, 0.29) is 106 Å². The fraction of sp³-hybridized carbons (Fsp3) is 0.692. The zero-order chi connectivity index (χ0) is 72.5. The molecule has 1 aromatic rings. The second-order valence-corrected chi connectivity index (χ2v) is 26.8. The summed E-state index contributed by atoms with van der Waals surface area (Å²) < 4.78 is 0. The second-order valence-electron chi connectivity index (χ2n) is 26.8. The van der Waals surface area contributed by atoms with Crippen molar-refractivity contribution in [3.05, 3.63) is 35.9 Å². The third-order valence-corrected chi connectivity index (χ3v) is 15.7. The number of rotatable bonds is 43. The van der Waals surface area contributed by atoms with Gasteiger partial charge in [0.1, 0.15) is 54.4 Å². The van der Waals surface area contributed by atoms with E-state index in [9.17, 15) is 67.4 Å². The van der Waals surface area contributed by atoms with Crippen LogP contribution in [0.5, 0.6) is 0 Å². The van der Waals surface area contributed by atoms with Crippen molar-refractivity contribution < 1.29 is 67.4 Å². The molecule has 96 heavy (non-hydrogen) atoms. The number of hydrogen-bond donors (Lipinski definition) is 16. The van der Waals surface area contributed by atoms with Gasteiger partial charge in [-0.3, -0.25) is 67.3 Å². The molecular weight excluding hydrogens is 1240 g/mol. The number of primary amides is 1. The normalized spacial score (nSPS) is 16.0. The van der Waals surface area contributed by atoms with E-state index in [0.717, 1.165) is 5.56 Å². The third kappa shape index (κ3) is 31.4. The highest BCUT2D eigenvalue weighted by Crippen LogP contribution is 2.22. The van der Waals surface area contributed by atoms with Crippen LogP contribution < -0.4 is 81.4 Å². The van der Waals surface area contributed by atoms with Crippen molar-refractivity contribution >= 4 is 82.8 Å². The first kappa shape index (κ1) is 83.6. The molecule has 0 aliphatic carbocycles. The van der Waals surface area contributed by atoms with E-state index >= 15 is 0 Å². The molecule has 1 unspecified atom stereocenters. The highest BCUT2D eigenvalue weighted by atomic mass is 16.3. The molecule has 0 spiro atoms. The smallest absolute Gasteiger partial charge is 0.245 e. The topological polar surface area (TPSA) is 494 Å². The van der Waals surface area contributed by atoms with Gasteiger partial charge in [-0.2, -0.15) is 0 Å². The number of carbonyl (C=O) groups excluding carboxylic acids is 13. The van der Waals surface area contributed by atoms with Crippen LogP contribution in [0.4, 0.5) is 0 Å². The van der Waals surface area contributed by atoms with Gasteiger partial charge in [-0.25, -0.2) is 0 Å². The largest absolute Gasteiger partial charge is 0.394 e. The quantitative estimate of drug-likeness (QED) is 0.0184. The average molecular weight is 1350 g/mol. The van der Waals surface area contributed by atoms with Gasteiger partial charge in [0.05, 0.1) is 32.3 Å². The summed E-state index contributed by atoms with van der Waals surface area (Å²) in [5, 5.41) is 38.4. The van der Waals surface area contributed by atoms with Crippen LogP contribution in [0, 0.1) is 35.5 Å². The lowest BCUT2D eigenvalue weighted by molar-refractivity contribution is -0.142. The lowest BCUT2D eigenvalue weighted by atomic mass is 9.96. The van der Waals surface area contributed by atoms with Gasteiger partial charge in [0.25, 0.3) is 0 Å². The molecule has 1 fully saturated rings. The standard InChI is InChI=1S/C65H111N17O14/c1-13-40(12)54(81-61(93)47(28-38(8)9)78-62(94)50-22-18-24-82(50)64(96)48(29-39(10)11)79-56(88)42(66)30-41-19-15-14-16-20-41)63(95)73-33-51(84)74-43(21-17-23-70-65(68)69)57(89)71-31-52(85)76-46(27-37(6)7)60(92)80-49(34-83)58(90)72-32-53(86)75-45(26-36(4)5)59(91)77-44(55(67)87)25-35(2)3/h14-16,19-20,35-40,42-50,54,83H,13,17-18,21-34,66H2,1-12H3,(H2,67,87)(H,71,89)(H,72,90)(H,73,95)(H,74,84)(H,75,86)(H,76,85)(H,77,91)(H,78,94)(H,79,88)(H,80,92)(H,81,93)(H4,68,69,70)/t40-,42-,43-,44-,45-,46-,47-,48-,49-,50?,54-/m0/s1. The van der Waals surface area contributed by atoms with Crippen LogP contribution >= 0.6 is 0 Å². The van der Waals surface area contributed by atoms with Gasteiger partial charge in [-0.1, -0.05) is 120 Å². The number of benzene rings is 1. The summed E-state index contributed by atoms with van der Waals surface area (Å²) in [5.74, 6) is -10.8. The number of nitrogens with two attached hydrogens (primary N) is 4. The Morgan fingerprint density at radius 3 is 1.42 bits per heavy atom. The minimum atomic E-state index is -1.61. The monoisotopic (exact) mass is 1350 g/mol. The first-order valence-corrected chi connectivity index (χ1v) is 33.4. The van der Waals surface area contributed by atoms with Gasteiger partial charge in [-0.05, 0) is 105 Å². The summed E-state index contributed by atoms with van der Waals surface area (Å²) in [7, 11) is 0. The SMILES string of the molecule is CC[C@H](C)[C@H](NC(=O)[C@H](CC(C)C)NC(=O)C1CCCN1C(=O)[C@H](CC(C)C)NC(=O)[C@@H](N)Cc1ccccc1)C(=O)NCC(=O)N[C@@H](CCCN=C(N)N)C(=O)NCC(=O)N[C@@H](CC(C)C)C(=O)N[C@@H](CO)C(=O)NCC(=O)N[C@@H](CC(C)C)C(=O)N[C@@H](CC(C)C)C(N)=O. The van der Waals surface area contributed by atoms with Crippen LogP contribution in [0.25, 0.3) is 0 Å². The molecule has 31 nitrogen and oxygen atoms in total. The van der Waals surface area contributed by atoms with E-state index in [1.807, 2.05) is 85.7 Å². The Hall–Kier alpha value is -8.48. The molecule has 1 heterocycles. The molecule has 20 N–H and O–H groups in total. The number of hydrogen-bond acceptors (Lipinski definition) is 16. The first-order chi connectivity index (χ1) is 45.1. The number of aliphatic imine (C=N–C) groups is 1. The molecule has 0 radical (unpaired) electrons. The summed E-state index contributed by atoms with van der Waals surface area (Å²) in [6.07, 6.45) is 2.36. The van der Waals surface area contributed by atoms with Crippen molar-refractivity contribution in [3.8, 4) is 0 Å². The molecular formula is C65H111N17O14. The number of carbonyl (C=O) groups is 13. The molecule has 13 amide bonds. The van der Waals surface area contributed by atoms with Crippen LogP contribution in [-0.2, 0) is 68.7 Å². The highest BCUT2D eigenvalue weighted by Gasteiger charge is 2.41. The maximum Gasteiger partial charge on any atom is 0.245 e. The molecule has 0 aromatic heterocycles. The van der Waals surface area contributed by atoms with Crippen LogP contribution in [-0.4, -0.2) is 193 Å². The van der Waals surface area contributed by atoms with Crippen molar-refractivity contribution in [3.63, 3.8) is 0 Å². The summed E-state index contributed by atoms with van der Waals surface area (Å²) in [5.41, 5.74) is 23.6.